The van der Waals surface area contributed by atoms with Crippen molar-refractivity contribution in [3.63, 3.8) is 0 Å². The molecule has 0 saturated heterocycles. The Labute approximate surface area is 199 Å². The van der Waals surface area contributed by atoms with Gasteiger partial charge in [-0.05, 0) is 29.4 Å². The van der Waals surface area contributed by atoms with E-state index in [-0.39, 0.29) is 23.8 Å². The number of carbonyl (C=O) groups is 2. The van der Waals surface area contributed by atoms with E-state index in [9.17, 15) is 9.59 Å². The maximum absolute atomic E-state index is 12.5. The molecule has 0 N–H and O–H groups in total. The third kappa shape index (κ3) is 5.12. The van der Waals surface area contributed by atoms with Crippen LogP contribution in [-0.2, 0) is 19.1 Å². The highest BCUT2D eigenvalue weighted by atomic mass is 79.9. The number of carbonyl (C=O) groups excluding carboxylic acids is 2. The summed E-state index contributed by atoms with van der Waals surface area (Å²) in [4.78, 5) is 24.1. The van der Waals surface area contributed by atoms with Crippen LogP contribution in [-0.4, -0.2) is 25.2 Å². The zero-order valence-corrected chi connectivity index (χ0v) is 20.1. The van der Waals surface area contributed by atoms with Gasteiger partial charge < -0.3 is 9.47 Å². The van der Waals surface area contributed by atoms with Crippen LogP contribution in [0.15, 0.2) is 72.8 Å². The van der Waals surface area contributed by atoms with Crippen LogP contribution in [0, 0.1) is 23.7 Å². The zero-order valence-electron chi connectivity index (χ0n) is 16.9. The molecule has 6 atom stereocenters. The van der Waals surface area contributed by atoms with Gasteiger partial charge in [0.2, 0.25) is 0 Å². The summed E-state index contributed by atoms with van der Waals surface area (Å²) in [6.07, 6.45) is 5.44. The molecule has 31 heavy (non-hydrogen) atoms. The molecule has 6 heteroatoms. The number of rotatable bonds is 8. The fraction of sp³-hybridized carbons (Fsp3) is 0.360. The number of ether oxygens (including phenoxy) is 2. The van der Waals surface area contributed by atoms with Crippen molar-refractivity contribution in [1.82, 2.24) is 0 Å². The molecule has 0 heterocycles. The Morgan fingerprint density at radius 1 is 0.742 bits per heavy atom. The minimum absolute atomic E-state index is 0.160. The summed E-state index contributed by atoms with van der Waals surface area (Å²) in [6.45, 7) is 0.663. The lowest BCUT2D eigenvalue weighted by Gasteiger charge is -2.28. The summed E-state index contributed by atoms with van der Waals surface area (Å²) in [5.41, 5.74) is 1.74. The Morgan fingerprint density at radius 2 is 1.13 bits per heavy atom. The first-order valence-corrected chi connectivity index (χ1v) is 12.3. The van der Waals surface area contributed by atoms with Crippen molar-refractivity contribution in [2.45, 2.75) is 16.1 Å². The van der Waals surface area contributed by atoms with E-state index in [4.69, 9.17) is 9.47 Å². The molecule has 2 aliphatic rings. The molecule has 0 aliphatic heterocycles. The summed E-state index contributed by atoms with van der Waals surface area (Å²) >= 11 is 6.88. The van der Waals surface area contributed by atoms with E-state index in [2.05, 4.69) is 44.0 Å². The van der Waals surface area contributed by atoms with Gasteiger partial charge in [0.15, 0.2) is 0 Å². The van der Waals surface area contributed by atoms with Gasteiger partial charge in [0, 0.05) is 11.8 Å². The maximum atomic E-state index is 12.5. The molecule has 4 nitrogen and oxygen atoms in total. The van der Waals surface area contributed by atoms with E-state index in [1.807, 2.05) is 60.7 Å². The average Bonchev–Trinajstić information content (AvgIpc) is 3.43. The van der Waals surface area contributed by atoms with Crippen molar-refractivity contribution < 1.29 is 19.1 Å². The smallest absolute Gasteiger partial charge is 0.324 e. The van der Waals surface area contributed by atoms with Gasteiger partial charge in [0.1, 0.15) is 9.65 Å². The molecular formula is C25H24Br2O4. The van der Waals surface area contributed by atoms with Gasteiger partial charge in [-0.15, -0.1) is 0 Å². The van der Waals surface area contributed by atoms with Crippen LogP contribution in [0.1, 0.15) is 27.2 Å². The van der Waals surface area contributed by atoms with E-state index in [1.54, 1.807) is 0 Å². The first-order chi connectivity index (χ1) is 15.0. The molecule has 2 aromatic rings. The Kier molecular flexibility index (Phi) is 7.28. The molecular weight excluding hydrogens is 524 g/mol. The van der Waals surface area contributed by atoms with Crippen molar-refractivity contribution in [3.05, 3.63) is 83.9 Å². The predicted octanol–water partition coefficient (Wildman–Crippen LogP) is 5.78. The van der Waals surface area contributed by atoms with E-state index < -0.39 is 9.65 Å². The Bertz CT molecular complexity index is 856. The predicted molar refractivity (Wildman–Crippen MR) is 126 cm³/mol. The highest BCUT2D eigenvalue weighted by molar-refractivity contribution is 9.09. The number of alkyl halides is 2. The number of benzene rings is 2. The molecule has 0 spiro atoms. The van der Waals surface area contributed by atoms with E-state index >= 15 is 0 Å². The SMILES string of the molecule is O=C(OC[C@@H]1[C@H](COC(=O)C(Br)c2ccccc2)[C@H]2C=C[C@@H]1C2)C(Br)c1ccccc1. The second-order valence-corrected chi connectivity index (χ2v) is 9.91. The number of hydrogen-bond acceptors (Lipinski definition) is 4. The van der Waals surface area contributed by atoms with Gasteiger partial charge in [-0.2, -0.15) is 0 Å². The van der Waals surface area contributed by atoms with Crippen molar-refractivity contribution in [3.8, 4) is 0 Å². The number of allylic oxidation sites excluding steroid dienone is 2. The van der Waals surface area contributed by atoms with Gasteiger partial charge in [-0.3, -0.25) is 9.59 Å². The lowest BCUT2D eigenvalue weighted by molar-refractivity contribution is -0.149. The largest absolute Gasteiger partial charge is 0.464 e. The topological polar surface area (TPSA) is 52.6 Å². The molecule has 2 bridgehead atoms. The molecule has 1 saturated carbocycles. The first-order valence-electron chi connectivity index (χ1n) is 10.4. The van der Waals surface area contributed by atoms with Gasteiger partial charge in [-0.25, -0.2) is 0 Å². The highest BCUT2D eigenvalue weighted by Gasteiger charge is 2.45. The first kappa shape index (κ1) is 22.3. The number of hydrogen-bond donors (Lipinski definition) is 0. The van der Waals surface area contributed by atoms with E-state index in [0.717, 1.165) is 17.5 Å². The van der Waals surface area contributed by atoms with Crippen LogP contribution in [0.25, 0.3) is 0 Å². The Hall–Kier alpha value is -1.92. The quantitative estimate of drug-likeness (QED) is 0.239. The van der Waals surface area contributed by atoms with Crippen molar-refractivity contribution in [1.29, 1.82) is 0 Å². The van der Waals surface area contributed by atoms with E-state index in [0.29, 0.717) is 25.0 Å². The summed E-state index contributed by atoms with van der Waals surface area (Å²) in [6, 6.07) is 19.0. The Morgan fingerprint density at radius 3 is 1.52 bits per heavy atom. The lowest BCUT2D eigenvalue weighted by atomic mass is 9.84. The molecule has 0 aromatic heterocycles. The minimum Gasteiger partial charge on any atom is -0.464 e. The van der Waals surface area contributed by atoms with Crippen molar-refractivity contribution in [2.75, 3.05) is 13.2 Å². The van der Waals surface area contributed by atoms with Crippen LogP contribution < -0.4 is 0 Å². The van der Waals surface area contributed by atoms with Crippen molar-refractivity contribution >= 4 is 43.8 Å². The van der Waals surface area contributed by atoms with Gasteiger partial charge in [0.05, 0.1) is 13.2 Å². The van der Waals surface area contributed by atoms with E-state index in [1.165, 1.54) is 0 Å². The molecule has 0 amide bonds. The second kappa shape index (κ2) is 10.1. The monoisotopic (exact) mass is 546 g/mol. The normalized spacial score (nSPS) is 25.7. The van der Waals surface area contributed by atoms with Gasteiger partial charge >= 0.3 is 11.9 Å². The molecule has 2 aromatic carbocycles. The fourth-order valence-electron chi connectivity index (χ4n) is 4.54. The number of fused-ring (bicyclic) bond motifs is 2. The molecule has 0 radical (unpaired) electrons. The lowest BCUT2D eigenvalue weighted by Crippen LogP contribution is -2.30. The average molecular weight is 548 g/mol. The minimum atomic E-state index is -0.487. The van der Waals surface area contributed by atoms with Crippen LogP contribution in [0.4, 0.5) is 0 Å². The van der Waals surface area contributed by atoms with Crippen LogP contribution in [0.3, 0.4) is 0 Å². The van der Waals surface area contributed by atoms with Crippen LogP contribution in [0.5, 0.6) is 0 Å². The maximum Gasteiger partial charge on any atom is 0.324 e. The molecule has 2 aliphatic carbocycles. The summed E-state index contributed by atoms with van der Waals surface area (Å²) in [5, 5.41) is 0. The van der Waals surface area contributed by atoms with Crippen molar-refractivity contribution in [2.24, 2.45) is 23.7 Å². The van der Waals surface area contributed by atoms with Crippen LogP contribution >= 0.6 is 31.9 Å². The third-order valence-corrected chi connectivity index (χ3v) is 8.04. The summed E-state index contributed by atoms with van der Waals surface area (Å²) in [7, 11) is 0. The molecule has 162 valence electrons. The Balaban J connectivity index is 1.33. The summed E-state index contributed by atoms with van der Waals surface area (Å²) < 4.78 is 11.4. The number of esters is 2. The molecule has 4 rings (SSSR count). The standard InChI is InChI=1S/C25H24Br2O4/c26-22(16-7-3-1-4-8-16)24(28)30-14-20-18-11-12-19(13-18)21(20)15-31-25(29)23(27)17-9-5-2-6-10-17/h1-12,18-23H,13-15H2/t18-,19+,20+,21-,22?,23?. The number of halogens is 2. The summed E-state index contributed by atoms with van der Waals surface area (Å²) in [5.74, 6) is 0.457. The zero-order chi connectivity index (χ0) is 21.8. The highest BCUT2D eigenvalue weighted by Crippen LogP contribution is 2.48. The third-order valence-electron chi connectivity index (χ3n) is 6.23. The molecule has 1 fully saturated rings. The second-order valence-electron chi connectivity index (χ2n) is 8.08. The van der Waals surface area contributed by atoms with Crippen LogP contribution in [0.2, 0.25) is 0 Å². The van der Waals surface area contributed by atoms with Gasteiger partial charge in [-0.1, -0.05) is 105 Å². The van der Waals surface area contributed by atoms with Gasteiger partial charge in [0.25, 0.3) is 0 Å². The molecule has 2 unspecified atom stereocenters. The fourth-order valence-corrected chi connectivity index (χ4v) is 5.42.